The summed E-state index contributed by atoms with van der Waals surface area (Å²) in [4.78, 5) is 12.0. The highest BCUT2D eigenvalue weighted by Crippen LogP contribution is 2.30. The zero-order valence-electron chi connectivity index (χ0n) is 14.6. The van der Waals surface area contributed by atoms with Crippen LogP contribution in [-0.2, 0) is 17.4 Å². The topological polar surface area (TPSA) is 53.5 Å². The zero-order chi connectivity index (χ0) is 19.3. The summed E-state index contributed by atoms with van der Waals surface area (Å²) in [5, 5.41) is 6.95. The molecule has 4 nitrogen and oxygen atoms in total. The van der Waals surface area contributed by atoms with Crippen molar-refractivity contribution >= 4 is 17.3 Å². The molecule has 0 aromatic heterocycles. The maximum Gasteiger partial charge on any atom is 0.416 e. The molecule has 2 aromatic rings. The Bertz CT molecular complexity index is 846. The van der Waals surface area contributed by atoms with Gasteiger partial charge in [-0.05, 0) is 49.4 Å². The fourth-order valence-electron chi connectivity index (χ4n) is 3.04. The highest BCUT2D eigenvalue weighted by atomic mass is 19.4. The molecule has 1 aliphatic rings. The van der Waals surface area contributed by atoms with Crippen molar-refractivity contribution in [1.82, 2.24) is 5.43 Å². The number of nitrogens with one attached hydrogen (secondary N) is 2. The molecule has 0 radical (unpaired) electrons. The Labute approximate surface area is 155 Å². The van der Waals surface area contributed by atoms with Crippen LogP contribution in [0.4, 0.5) is 18.9 Å². The fraction of sp³-hybridized carbons (Fsp3) is 0.300. The second kappa shape index (κ2) is 8.24. The van der Waals surface area contributed by atoms with Crippen LogP contribution in [0.3, 0.4) is 0 Å². The van der Waals surface area contributed by atoms with Gasteiger partial charge in [0, 0.05) is 11.3 Å². The van der Waals surface area contributed by atoms with Gasteiger partial charge in [-0.15, -0.1) is 0 Å². The van der Waals surface area contributed by atoms with Crippen molar-refractivity contribution in [2.24, 2.45) is 5.10 Å². The molecule has 1 amide bonds. The van der Waals surface area contributed by atoms with E-state index in [1.165, 1.54) is 17.7 Å². The molecule has 2 aromatic carbocycles. The van der Waals surface area contributed by atoms with Gasteiger partial charge in [-0.2, -0.15) is 18.3 Å². The van der Waals surface area contributed by atoms with E-state index >= 15 is 0 Å². The molecule has 0 unspecified atom stereocenters. The number of nitrogens with zero attached hydrogens (tertiary/aromatic N) is 1. The first-order valence-electron chi connectivity index (χ1n) is 8.78. The number of hydrogen-bond acceptors (Lipinski definition) is 3. The van der Waals surface area contributed by atoms with Crippen molar-refractivity contribution in [2.75, 3.05) is 11.9 Å². The van der Waals surface area contributed by atoms with Crippen LogP contribution in [0.1, 0.15) is 36.0 Å². The lowest BCUT2D eigenvalue weighted by atomic mass is 10.0. The predicted octanol–water partition coefficient (Wildman–Crippen LogP) is 4.36. The van der Waals surface area contributed by atoms with Gasteiger partial charge in [0.15, 0.2) is 0 Å². The lowest BCUT2D eigenvalue weighted by Gasteiger charge is -2.11. The molecule has 27 heavy (non-hydrogen) atoms. The molecular weight excluding hydrogens is 355 g/mol. The van der Waals surface area contributed by atoms with E-state index in [2.05, 4.69) is 21.9 Å². The summed E-state index contributed by atoms with van der Waals surface area (Å²) in [7, 11) is 0. The minimum Gasteiger partial charge on any atom is -0.376 e. The van der Waals surface area contributed by atoms with E-state index in [4.69, 9.17) is 0 Å². The molecule has 2 N–H and O–H groups in total. The van der Waals surface area contributed by atoms with Crippen LogP contribution in [0.25, 0.3) is 0 Å². The maximum absolute atomic E-state index is 12.7. The fourth-order valence-corrected chi connectivity index (χ4v) is 3.04. The summed E-state index contributed by atoms with van der Waals surface area (Å²) in [5.74, 6) is -0.415. The molecule has 0 atom stereocenters. The minimum absolute atomic E-state index is 0.167. The van der Waals surface area contributed by atoms with E-state index in [9.17, 15) is 18.0 Å². The Hall–Kier alpha value is -2.83. The number of hydrogen-bond donors (Lipinski definition) is 2. The van der Waals surface area contributed by atoms with Crippen LogP contribution in [-0.4, -0.2) is 18.2 Å². The highest BCUT2D eigenvalue weighted by molar-refractivity contribution is 6.02. The summed E-state index contributed by atoms with van der Waals surface area (Å²) < 4.78 is 38.2. The molecule has 0 saturated carbocycles. The highest BCUT2D eigenvalue weighted by Gasteiger charge is 2.30. The second-order valence-electron chi connectivity index (χ2n) is 6.39. The number of hydrazone groups is 1. The Morgan fingerprint density at radius 3 is 2.63 bits per heavy atom. The quantitative estimate of drug-likeness (QED) is 0.616. The molecule has 7 heteroatoms. The number of alkyl halides is 3. The number of carbonyl (C=O) groups is 1. The standard InChI is InChI=1S/C20H20F3N3O/c21-20(22,23)15-8-5-9-16(12-15)24-13-19(27)26-25-18-11-4-2-7-14-6-1-3-10-17(14)18/h1,3,5-6,8-10,12,24H,2,4,7,11,13H2,(H,26,27)/b25-18+. The van der Waals surface area contributed by atoms with Crippen LogP contribution in [0, 0.1) is 0 Å². The molecular formula is C20H20F3N3O. The van der Waals surface area contributed by atoms with E-state index in [1.807, 2.05) is 18.2 Å². The van der Waals surface area contributed by atoms with Gasteiger partial charge < -0.3 is 5.32 Å². The minimum atomic E-state index is -4.42. The number of benzene rings is 2. The molecule has 0 fully saturated rings. The first-order chi connectivity index (χ1) is 12.9. The van der Waals surface area contributed by atoms with Crippen LogP contribution < -0.4 is 10.7 Å². The van der Waals surface area contributed by atoms with E-state index < -0.39 is 17.6 Å². The third kappa shape index (κ3) is 5.09. The van der Waals surface area contributed by atoms with E-state index in [1.54, 1.807) is 0 Å². The Kier molecular flexibility index (Phi) is 5.78. The Morgan fingerprint density at radius 2 is 1.81 bits per heavy atom. The van der Waals surface area contributed by atoms with E-state index in [-0.39, 0.29) is 12.2 Å². The number of anilines is 1. The number of rotatable bonds is 4. The smallest absolute Gasteiger partial charge is 0.376 e. The predicted molar refractivity (Wildman–Crippen MR) is 98.6 cm³/mol. The van der Waals surface area contributed by atoms with Gasteiger partial charge in [0.05, 0.1) is 17.8 Å². The van der Waals surface area contributed by atoms with Crippen LogP contribution in [0.5, 0.6) is 0 Å². The van der Waals surface area contributed by atoms with Crippen LogP contribution in [0.2, 0.25) is 0 Å². The summed E-state index contributed by atoms with van der Waals surface area (Å²) in [5.41, 5.74) is 5.05. The summed E-state index contributed by atoms with van der Waals surface area (Å²) in [6, 6.07) is 12.7. The molecule has 0 aliphatic heterocycles. The van der Waals surface area contributed by atoms with Crippen molar-refractivity contribution in [3.63, 3.8) is 0 Å². The molecule has 1 aliphatic carbocycles. The molecule has 142 valence electrons. The van der Waals surface area contributed by atoms with Gasteiger partial charge in [-0.25, -0.2) is 5.43 Å². The van der Waals surface area contributed by atoms with Gasteiger partial charge in [0.1, 0.15) is 0 Å². The Morgan fingerprint density at radius 1 is 1.04 bits per heavy atom. The number of halogens is 3. The Balaban J connectivity index is 1.61. The number of amides is 1. The number of fused-ring (bicyclic) bond motifs is 1. The van der Waals surface area contributed by atoms with Gasteiger partial charge in [0.2, 0.25) is 0 Å². The third-order valence-electron chi connectivity index (χ3n) is 4.40. The molecule has 0 bridgehead atoms. The largest absolute Gasteiger partial charge is 0.416 e. The van der Waals surface area contributed by atoms with Crippen LogP contribution >= 0.6 is 0 Å². The third-order valence-corrected chi connectivity index (χ3v) is 4.40. The second-order valence-corrected chi connectivity index (χ2v) is 6.39. The van der Waals surface area contributed by atoms with Gasteiger partial charge in [-0.1, -0.05) is 30.3 Å². The normalized spacial score (nSPS) is 15.7. The van der Waals surface area contributed by atoms with Gasteiger partial charge in [-0.3, -0.25) is 4.79 Å². The van der Waals surface area contributed by atoms with Gasteiger partial charge in [0.25, 0.3) is 5.91 Å². The lowest BCUT2D eigenvalue weighted by molar-refractivity contribution is -0.137. The van der Waals surface area contributed by atoms with Gasteiger partial charge >= 0.3 is 6.18 Å². The first-order valence-corrected chi connectivity index (χ1v) is 8.78. The monoisotopic (exact) mass is 375 g/mol. The van der Waals surface area contributed by atoms with Crippen molar-refractivity contribution in [3.8, 4) is 0 Å². The van der Waals surface area contributed by atoms with Crippen molar-refractivity contribution in [1.29, 1.82) is 0 Å². The summed E-state index contributed by atoms with van der Waals surface area (Å²) in [6.07, 6.45) is -0.593. The van der Waals surface area contributed by atoms with Crippen molar-refractivity contribution in [3.05, 3.63) is 65.2 Å². The molecule has 0 heterocycles. The molecule has 0 spiro atoms. The van der Waals surface area contributed by atoms with Crippen LogP contribution in [0.15, 0.2) is 53.6 Å². The summed E-state index contributed by atoms with van der Waals surface area (Å²) >= 11 is 0. The zero-order valence-corrected chi connectivity index (χ0v) is 14.6. The van der Waals surface area contributed by atoms with Crippen molar-refractivity contribution in [2.45, 2.75) is 31.9 Å². The average molecular weight is 375 g/mol. The molecule has 3 rings (SSSR count). The number of carbonyl (C=O) groups excluding carboxylic acids is 1. The number of aryl methyl sites for hydroxylation is 1. The van der Waals surface area contributed by atoms with E-state index in [0.29, 0.717) is 0 Å². The first kappa shape index (κ1) is 18.9. The average Bonchev–Trinajstić information content (AvgIpc) is 2.86. The molecule has 0 saturated heterocycles. The SMILES string of the molecule is O=C(CNc1cccc(C(F)(F)F)c1)N/N=C1\CCCCc2ccccc21. The lowest BCUT2D eigenvalue weighted by Crippen LogP contribution is -2.27. The maximum atomic E-state index is 12.7. The summed E-state index contributed by atoms with van der Waals surface area (Å²) in [6.45, 7) is -0.167. The van der Waals surface area contributed by atoms with E-state index in [0.717, 1.165) is 49.1 Å². The van der Waals surface area contributed by atoms with Crippen molar-refractivity contribution < 1.29 is 18.0 Å².